The first-order chi connectivity index (χ1) is 34.1. The van der Waals surface area contributed by atoms with E-state index in [2.05, 4.69) is 86.6 Å². The second kappa shape index (κ2) is 27.9. The van der Waals surface area contributed by atoms with E-state index in [9.17, 15) is 0 Å². The average molecular weight is 971 g/mol. The Morgan fingerprint density at radius 1 is 0.464 bits per heavy atom. The van der Waals surface area contributed by atoms with Gasteiger partial charge in [0.1, 0.15) is 48.8 Å². The smallest absolute Gasteiger partial charge is 0.187 e. The quantitative estimate of drug-likeness (QED) is 0.0463. The summed E-state index contributed by atoms with van der Waals surface area (Å²) >= 11 is 3.73. The Hall–Kier alpha value is -4.34. The molecule has 69 heavy (non-hydrogen) atoms. The molecular formula is C58H66O9S2. The van der Waals surface area contributed by atoms with E-state index in [1.165, 1.54) is 0 Å². The summed E-state index contributed by atoms with van der Waals surface area (Å²) in [6.07, 6.45) is -5.69. The van der Waals surface area contributed by atoms with Gasteiger partial charge in [0.05, 0.1) is 57.4 Å². The number of hydrogen-bond acceptors (Lipinski definition) is 11. The Labute approximate surface area is 417 Å². The first-order valence-corrected chi connectivity index (χ1v) is 26.3. The van der Waals surface area contributed by atoms with Crippen molar-refractivity contribution in [3.63, 3.8) is 0 Å². The third-order valence-corrected chi connectivity index (χ3v) is 14.8. The van der Waals surface area contributed by atoms with Crippen molar-refractivity contribution in [2.24, 2.45) is 0 Å². The molecule has 0 radical (unpaired) electrons. The highest BCUT2D eigenvalue weighted by Crippen LogP contribution is 2.39. The van der Waals surface area contributed by atoms with Crippen molar-refractivity contribution in [2.45, 2.75) is 113 Å². The summed E-state index contributed by atoms with van der Waals surface area (Å²) < 4.78 is 63.2. The highest BCUT2D eigenvalue weighted by molar-refractivity contribution is 8.17. The molecule has 11 heteroatoms. The van der Waals surface area contributed by atoms with Gasteiger partial charge < -0.3 is 42.6 Å². The fourth-order valence-electron chi connectivity index (χ4n) is 8.65. The van der Waals surface area contributed by atoms with Crippen molar-refractivity contribution in [3.8, 4) is 0 Å². The Bertz CT molecular complexity index is 2280. The molecule has 2 fully saturated rings. The number of benzene rings is 6. The van der Waals surface area contributed by atoms with E-state index in [1.54, 1.807) is 0 Å². The van der Waals surface area contributed by atoms with Crippen LogP contribution < -0.4 is 0 Å². The lowest BCUT2D eigenvalue weighted by Crippen LogP contribution is -2.63. The molecule has 2 aliphatic rings. The van der Waals surface area contributed by atoms with Gasteiger partial charge in [0.25, 0.3) is 0 Å². The van der Waals surface area contributed by atoms with Gasteiger partial charge in [-0.2, -0.15) is 0 Å². The molecule has 2 saturated heterocycles. The van der Waals surface area contributed by atoms with E-state index in [0.29, 0.717) is 39.6 Å². The molecule has 0 aromatic heterocycles. The van der Waals surface area contributed by atoms with Gasteiger partial charge in [-0.15, -0.1) is 23.5 Å². The second-order valence-electron chi connectivity index (χ2n) is 17.1. The summed E-state index contributed by atoms with van der Waals surface area (Å²) in [6, 6.07) is 61.2. The van der Waals surface area contributed by atoms with Gasteiger partial charge in [0.15, 0.2) is 6.29 Å². The predicted octanol–water partition coefficient (Wildman–Crippen LogP) is 11.5. The number of hydrogen-bond donors (Lipinski definition) is 0. The Kier molecular flexibility index (Phi) is 20.6. The normalized spacial score (nSPS) is 23.0. The fraction of sp³-hybridized carbons (Fsp3) is 0.379. The monoisotopic (exact) mass is 970 g/mol. The maximum atomic E-state index is 7.51. The van der Waals surface area contributed by atoms with Crippen LogP contribution in [0.2, 0.25) is 0 Å². The SMILES string of the molecule is CCSC(SCC)[C@H](OCc1ccccc1)[C@H]1OC[C@@H](OCc2ccccc2)[C@@H]1O[C@@H]1O[C@H](COCc2ccccc2)[C@H](OCc2ccccc2)[C@H](OCc2ccccc2)[C@H]1OCc1ccccc1. The third kappa shape index (κ3) is 15.3. The molecule has 364 valence electrons. The van der Waals surface area contributed by atoms with Crippen LogP contribution in [0.3, 0.4) is 0 Å². The minimum absolute atomic E-state index is 0.0435. The summed E-state index contributed by atoms with van der Waals surface area (Å²) in [7, 11) is 0. The zero-order chi connectivity index (χ0) is 47.3. The van der Waals surface area contributed by atoms with Crippen LogP contribution in [0.4, 0.5) is 0 Å². The van der Waals surface area contributed by atoms with E-state index in [1.807, 2.05) is 133 Å². The number of ether oxygens (including phenoxy) is 9. The molecule has 8 rings (SSSR count). The van der Waals surface area contributed by atoms with Crippen LogP contribution in [-0.2, 0) is 82.3 Å². The maximum absolute atomic E-state index is 7.51. The molecule has 0 N–H and O–H groups in total. The zero-order valence-electron chi connectivity index (χ0n) is 39.7. The molecular weight excluding hydrogens is 905 g/mol. The minimum Gasteiger partial charge on any atom is -0.374 e. The predicted molar refractivity (Wildman–Crippen MR) is 275 cm³/mol. The van der Waals surface area contributed by atoms with E-state index in [-0.39, 0.29) is 23.9 Å². The molecule has 6 aromatic carbocycles. The highest BCUT2D eigenvalue weighted by Gasteiger charge is 2.54. The number of rotatable bonds is 27. The molecule has 0 bridgehead atoms. The molecule has 0 saturated carbocycles. The first kappa shape index (κ1) is 51.0. The van der Waals surface area contributed by atoms with Crippen LogP contribution in [0.1, 0.15) is 47.2 Å². The topological polar surface area (TPSA) is 83.1 Å². The maximum Gasteiger partial charge on any atom is 0.187 e. The van der Waals surface area contributed by atoms with Crippen molar-refractivity contribution in [2.75, 3.05) is 24.7 Å². The van der Waals surface area contributed by atoms with Crippen molar-refractivity contribution in [3.05, 3.63) is 215 Å². The summed E-state index contributed by atoms with van der Waals surface area (Å²) in [5.74, 6) is 1.82. The third-order valence-electron chi connectivity index (χ3n) is 12.1. The van der Waals surface area contributed by atoms with E-state index >= 15 is 0 Å². The van der Waals surface area contributed by atoms with E-state index in [4.69, 9.17) is 42.6 Å². The molecule has 2 heterocycles. The van der Waals surface area contributed by atoms with Crippen LogP contribution in [0.25, 0.3) is 0 Å². The van der Waals surface area contributed by atoms with Crippen LogP contribution >= 0.6 is 23.5 Å². The second-order valence-corrected chi connectivity index (χ2v) is 20.2. The van der Waals surface area contributed by atoms with Crippen LogP contribution in [-0.4, -0.2) is 84.4 Å². The van der Waals surface area contributed by atoms with E-state index < -0.39 is 49.0 Å². The molecule has 9 atom stereocenters. The van der Waals surface area contributed by atoms with Gasteiger partial charge in [-0.3, -0.25) is 0 Å². The van der Waals surface area contributed by atoms with Crippen molar-refractivity contribution >= 4 is 23.5 Å². The molecule has 6 aromatic rings. The lowest BCUT2D eigenvalue weighted by Gasteiger charge is -2.47. The van der Waals surface area contributed by atoms with Crippen LogP contribution in [0.15, 0.2) is 182 Å². The summed E-state index contributed by atoms with van der Waals surface area (Å²) in [5, 5.41) is 0. The van der Waals surface area contributed by atoms with Crippen molar-refractivity contribution < 1.29 is 42.6 Å². The van der Waals surface area contributed by atoms with Gasteiger partial charge in [-0.25, -0.2) is 0 Å². The van der Waals surface area contributed by atoms with Gasteiger partial charge in [-0.05, 0) is 44.9 Å². The summed E-state index contributed by atoms with van der Waals surface area (Å²) in [4.78, 5) is 0. The van der Waals surface area contributed by atoms with Crippen LogP contribution in [0.5, 0.6) is 0 Å². The van der Waals surface area contributed by atoms with Crippen LogP contribution in [0, 0.1) is 0 Å². The molecule has 0 unspecified atom stereocenters. The standard InChI is InChI=1S/C58H66O9S2/c1-3-68-58(69-4-2)56(64-40-48-33-21-10-22-34-48)54-52(49(42-65-54)60-36-44-25-13-6-14-26-44)67-57-55(63-39-47-31-19-9-20-32-47)53(62-38-46-29-17-8-18-30-46)51(61-37-45-27-15-7-16-28-45)50(66-57)41-59-35-43-23-11-5-12-24-43/h5-34,49-58H,3-4,35-42H2,1-2H3/t49-,50-,51+,52+,53+,54+,55-,56-,57+/m1/s1. The van der Waals surface area contributed by atoms with Gasteiger partial charge >= 0.3 is 0 Å². The molecule has 2 aliphatic heterocycles. The largest absolute Gasteiger partial charge is 0.374 e. The fourth-order valence-corrected chi connectivity index (χ4v) is 11.4. The van der Waals surface area contributed by atoms with Gasteiger partial charge in [-0.1, -0.05) is 196 Å². The Morgan fingerprint density at radius 3 is 1.33 bits per heavy atom. The lowest BCUT2D eigenvalue weighted by atomic mass is 9.97. The van der Waals surface area contributed by atoms with Crippen molar-refractivity contribution in [1.82, 2.24) is 0 Å². The molecule has 0 spiro atoms. The molecule has 9 nitrogen and oxygen atoms in total. The van der Waals surface area contributed by atoms with Crippen molar-refractivity contribution in [1.29, 1.82) is 0 Å². The minimum atomic E-state index is -0.973. The number of thioether (sulfide) groups is 2. The lowest BCUT2D eigenvalue weighted by molar-refractivity contribution is -0.343. The summed E-state index contributed by atoms with van der Waals surface area (Å²) in [6.45, 7) is 6.98. The molecule has 0 amide bonds. The average Bonchev–Trinajstić information content (AvgIpc) is 3.79. The molecule has 0 aliphatic carbocycles. The first-order valence-electron chi connectivity index (χ1n) is 24.2. The van der Waals surface area contributed by atoms with Gasteiger partial charge in [0, 0.05) is 0 Å². The Morgan fingerprint density at radius 2 is 0.870 bits per heavy atom. The van der Waals surface area contributed by atoms with E-state index in [0.717, 1.165) is 44.9 Å². The van der Waals surface area contributed by atoms with Gasteiger partial charge in [0.2, 0.25) is 0 Å². The Balaban J connectivity index is 1.18. The summed E-state index contributed by atoms with van der Waals surface area (Å²) in [5.41, 5.74) is 6.24. The zero-order valence-corrected chi connectivity index (χ0v) is 41.3. The highest BCUT2D eigenvalue weighted by atomic mass is 32.2.